The standard InChI is InChI=1S/C15H13Cl2NO3/c1-20-14-5-2-9(7-13(14)18)15(19)21-8-10-6-11(16)3-4-12(10)17/h2-7H,8,18H2,1H3. The molecule has 0 amide bonds. The van der Waals surface area contributed by atoms with Crippen LogP contribution in [0, 0.1) is 0 Å². The zero-order chi connectivity index (χ0) is 15.4. The summed E-state index contributed by atoms with van der Waals surface area (Å²) in [4.78, 5) is 12.0. The van der Waals surface area contributed by atoms with E-state index < -0.39 is 5.97 Å². The molecule has 21 heavy (non-hydrogen) atoms. The smallest absolute Gasteiger partial charge is 0.338 e. The van der Waals surface area contributed by atoms with Crippen molar-refractivity contribution < 1.29 is 14.3 Å². The zero-order valence-electron chi connectivity index (χ0n) is 11.2. The van der Waals surface area contributed by atoms with Crippen molar-refractivity contribution in [2.75, 3.05) is 12.8 Å². The maximum atomic E-state index is 12.0. The third-order valence-electron chi connectivity index (χ3n) is 2.83. The topological polar surface area (TPSA) is 61.5 Å². The third kappa shape index (κ3) is 3.80. The van der Waals surface area contributed by atoms with Crippen LogP contribution in [0.25, 0.3) is 0 Å². The van der Waals surface area contributed by atoms with Gasteiger partial charge in [0.15, 0.2) is 0 Å². The lowest BCUT2D eigenvalue weighted by Gasteiger charge is -2.09. The first kappa shape index (κ1) is 15.5. The minimum absolute atomic E-state index is 0.0319. The van der Waals surface area contributed by atoms with Gasteiger partial charge in [-0.2, -0.15) is 0 Å². The Bertz CT molecular complexity index is 674. The second kappa shape index (κ2) is 6.70. The van der Waals surface area contributed by atoms with Crippen molar-refractivity contribution in [2.45, 2.75) is 6.61 Å². The molecule has 0 aliphatic heterocycles. The molecular weight excluding hydrogens is 313 g/mol. The van der Waals surface area contributed by atoms with Gasteiger partial charge in [0.1, 0.15) is 12.4 Å². The number of benzene rings is 2. The van der Waals surface area contributed by atoms with Gasteiger partial charge in [-0.25, -0.2) is 4.79 Å². The Kier molecular flexibility index (Phi) is 4.94. The SMILES string of the molecule is COc1ccc(C(=O)OCc2cc(Cl)ccc2Cl)cc1N. The van der Waals surface area contributed by atoms with Gasteiger partial charge < -0.3 is 15.2 Å². The van der Waals surface area contributed by atoms with Crippen molar-refractivity contribution in [3.8, 4) is 5.75 Å². The molecule has 0 spiro atoms. The molecule has 0 unspecified atom stereocenters. The third-order valence-corrected chi connectivity index (χ3v) is 3.44. The van der Waals surface area contributed by atoms with Gasteiger partial charge in [-0.15, -0.1) is 0 Å². The number of anilines is 1. The molecule has 0 saturated heterocycles. The van der Waals surface area contributed by atoms with Gasteiger partial charge in [0.2, 0.25) is 0 Å². The summed E-state index contributed by atoms with van der Waals surface area (Å²) in [6.45, 7) is 0.0319. The molecule has 0 bridgehead atoms. The minimum Gasteiger partial charge on any atom is -0.495 e. The van der Waals surface area contributed by atoms with Gasteiger partial charge in [-0.1, -0.05) is 23.2 Å². The van der Waals surface area contributed by atoms with Crippen LogP contribution in [-0.2, 0) is 11.3 Å². The summed E-state index contributed by atoms with van der Waals surface area (Å²) in [5, 5.41) is 1.01. The molecule has 2 aromatic carbocycles. The molecule has 6 heteroatoms. The van der Waals surface area contributed by atoms with Crippen LogP contribution in [-0.4, -0.2) is 13.1 Å². The van der Waals surface area contributed by atoms with Crippen LogP contribution in [0.4, 0.5) is 5.69 Å². The fourth-order valence-corrected chi connectivity index (χ4v) is 2.11. The number of ether oxygens (including phenoxy) is 2. The number of esters is 1. The fraction of sp³-hybridized carbons (Fsp3) is 0.133. The van der Waals surface area contributed by atoms with Gasteiger partial charge >= 0.3 is 5.97 Å². The van der Waals surface area contributed by atoms with E-state index in [2.05, 4.69) is 0 Å². The monoisotopic (exact) mass is 325 g/mol. The molecule has 0 atom stereocenters. The highest BCUT2D eigenvalue weighted by atomic mass is 35.5. The maximum absolute atomic E-state index is 12.0. The summed E-state index contributed by atoms with van der Waals surface area (Å²) in [6, 6.07) is 9.66. The predicted molar refractivity (Wildman–Crippen MR) is 83.0 cm³/mol. The molecule has 0 aliphatic carbocycles. The Morgan fingerprint density at radius 3 is 2.62 bits per heavy atom. The molecule has 110 valence electrons. The van der Waals surface area contributed by atoms with E-state index in [1.165, 1.54) is 13.2 Å². The molecule has 0 heterocycles. The van der Waals surface area contributed by atoms with E-state index in [9.17, 15) is 4.79 Å². The molecular formula is C15H13Cl2NO3. The lowest BCUT2D eigenvalue weighted by molar-refractivity contribution is 0.0473. The van der Waals surface area contributed by atoms with Gasteiger partial charge in [-0.3, -0.25) is 0 Å². The van der Waals surface area contributed by atoms with Crippen molar-refractivity contribution in [2.24, 2.45) is 0 Å². The van der Waals surface area contributed by atoms with Crippen molar-refractivity contribution in [1.82, 2.24) is 0 Å². The Hall–Kier alpha value is -1.91. The number of carbonyl (C=O) groups is 1. The quantitative estimate of drug-likeness (QED) is 0.683. The predicted octanol–water partition coefficient (Wildman–Crippen LogP) is 3.94. The van der Waals surface area contributed by atoms with Crippen LogP contribution >= 0.6 is 23.2 Å². The second-order valence-corrected chi connectivity index (χ2v) is 5.11. The van der Waals surface area contributed by atoms with Crippen LogP contribution in [0.2, 0.25) is 10.0 Å². The number of nitrogens with two attached hydrogens (primary N) is 1. The molecule has 2 N–H and O–H groups in total. The van der Waals surface area contributed by atoms with Gasteiger partial charge in [0.05, 0.1) is 18.4 Å². The molecule has 4 nitrogen and oxygen atoms in total. The van der Waals surface area contributed by atoms with E-state index in [-0.39, 0.29) is 6.61 Å². The zero-order valence-corrected chi connectivity index (χ0v) is 12.7. The van der Waals surface area contributed by atoms with Crippen LogP contribution in [0.5, 0.6) is 5.75 Å². The first-order valence-corrected chi connectivity index (χ1v) is 6.81. The maximum Gasteiger partial charge on any atom is 0.338 e. The molecule has 0 aliphatic rings. The average molecular weight is 326 g/mol. The summed E-state index contributed by atoms with van der Waals surface area (Å²) in [6.07, 6.45) is 0. The fourth-order valence-electron chi connectivity index (χ4n) is 1.74. The largest absolute Gasteiger partial charge is 0.495 e. The highest BCUT2D eigenvalue weighted by Crippen LogP contribution is 2.24. The Labute approximate surface area is 132 Å². The lowest BCUT2D eigenvalue weighted by Crippen LogP contribution is -2.06. The van der Waals surface area contributed by atoms with E-state index in [0.717, 1.165) is 0 Å². The van der Waals surface area contributed by atoms with Crippen LogP contribution in [0.15, 0.2) is 36.4 Å². The molecule has 0 fully saturated rings. The normalized spacial score (nSPS) is 10.2. The minimum atomic E-state index is -0.500. The van der Waals surface area contributed by atoms with Gasteiger partial charge in [-0.05, 0) is 36.4 Å². The number of rotatable bonds is 4. The summed E-state index contributed by atoms with van der Waals surface area (Å²) in [7, 11) is 1.50. The van der Waals surface area contributed by atoms with Gasteiger partial charge in [0, 0.05) is 15.6 Å². The number of halogens is 2. The van der Waals surface area contributed by atoms with Crippen molar-refractivity contribution in [1.29, 1.82) is 0 Å². The highest BCUT2D eigenvalue weighted by molar-refractivity contribution is 6.33. The van der Waals surface area contributed by atoms with E-state index in [4.69, 9.17) is 38.4 Å². The van der Waals surface area contributed by atoms with E-state index >= 15 is 0 Å². The Balaban J connectivity index is 2.08. The first-order valence-electron chi connectivity index (χ1n) is 6.06. The average Bonchev–Trinajstić information content (AvgIpc) is 2.47. The van der Waals surface area contributed by atoms with Crippen LogP contribution < -0.4 is 10.5 Å². The van der Waals surface area contributed by atoms with Gasteiger partial charge in [0.25, 0.3) is 0 Å². The van der Waals surface area contributed by atoms with Crippen molar-refractivity contribution >= 4 is 34.9 Å². The lowest BCUT2D eigenvalue weighted by atomic mass is 10.2. The van der Waals surface area contributed by atoms with Crippen molar-refractivity contribution in [3.05, 3.63) is 57.6 Å². The molecule has 0 aromatic heterocycles. The Morgan fingerprint density at radius 2 is 1.95 bits per heavy atom. The number of hydrogen-bond donors (Lipinski definition) is 1. The van der Waals surface area contributed by atoms with Crippen LogP contribution in [0.3, 0.4) is 0 Å². The number of hydrogen-bond acceptors (Lipinski definition) is 4. The molecule has 0 radical (unpaired) electrons. The molecule has 2 aromatic rings. The van der Waals surface area contributed by atoms with Crippen molar-refractivity contribution in [3.63, 3.8) is 0 Å². The number of nitrogen functional groups attached to an aromatic ring is 1. The number of methoxy groups -OCH3 is 1. The van der Waals surface area contributed by atoms with E-state index in [0.29, 0.717) is 32.6 Å². The van der Waals surface area contributed by atoms with Crippen LogP contribution in [0.1, 0.15) is 15.9 Å². The summed E-state index contributed by atoms with van der Waals surface area (Å²) >= 11 is 11.9. The highest BCUT2D eigenvalue weighted by Gasteiger charge is 2.11. The molecule has 2 rings (SSSR count). The summed E-state index contributed by atoms with van der Waals surface area (Å²) in [5.41, 5.74) is 7.10. The molecule has 0 saturated carbocycles. The number of carbonyl (C=O) groups excluding carboxylic acids is 1. The van der Waals surface area contributed by atoms with E-state index in [1.807, 2.05) is 0 Å². The summed E-state index contributed by atoms with van der Waals surface area (Å²) in [5.74, 6) is 0.00447. The second-order valence-electron chi connectivity index (χ2n) is 4.27. The van der Waals surface area contributed by atoms with E-state index in [1.54, 1.807) is 30.3 Å². The first-order chi connectivity index (χ1) is 10.0. The Morgan fingerprint density at radius 1 is 1.19 bits per heavy atom. The summed E-state index contributed by atoms with van der Waals surface area (Å²) < 4.78 is 10.2.